The van der Waals surface area contributed by atoms with Gasteiger partial charge in [0, 0.05) is 0 Å². The van der Waals surface area contributed by atoms with E-state index in [-0.39, 0.29) is 6.29 Å². The highest BCUT2D eigenvalue weighted by atomic mass is 16.6. The van der Waals surface area contributed by atoms with Gasteiger partial charge in [0.05, 0.1) is 19.3 Å². The monoisotopic (exact) mass is 238 g/mol. The molecule has 1 rings (SSSR count). The molecule has 1 aliphatic rings. The van der Waals surface area contributed by atoms with Crippen molar-refractivity contribution in [3.05, 3.63) is 0 Å². The summed E-state index contributed by atoms with van der Waals surface area (Å²) in [5.41, 5.74) is 0. The van der Waals surface area contributed by atoms with E-state index in [1.807, 2.05) is 0 Å². The van der Waals surface area contributed by atoms with Gasteiger partial charge < -0.3 is 35.1 Å². The van der Waals surface area contributed by atoms with Crippen LogP contribution in [0.5, 0.6) is 0 Å². The average molecular weight is 238 g/mol. The molecule has 1 heterocycles. The van der Waals surface area contributed by atoms with Crippen LogP contribution in [0, 0.1) is 0 Å². The van der Waals surface area contributed by atoms with Crippen molar-refractivity contribution in [2.45, 2.75) is 37.4 Å². The minimum absolute atomic E-state index is 0.0258. The first-order valence-corrected chi connectivity index (χ1v) is 4.84. The summed E-state index contributed by atoms with van der Waals surface area (Å²) in [7, 11) is 0. The van der Waals surface area contributed by atoms with Crippen LogP contribution in [0.4, 0.5) is 0 Å². The molecule has 0 spiro atoms. The second-order valence-corrected chi connectivity index (χ2v) is 3.50. The maximum Gasteiger partial charge on any atom is 0.151 e. The third-order valence-electron chi connectivity index (χ3n) is 1.92. The van der Waals surface area contributed by atoms with Crippen molar-refractivity contribution in [3.63, 3.8) is 0 Å². The number of epoxide rings is 1. The molecular formula is C9H18O7. The van der Waals surface area contributed by atoms with E-state index in [2.05, 4.69) is 6.92 Å². The summed E-state index contributed by atoms with van der Waals surface area (Å²) in [6, 6.07) is 0. The van der Waals surface area contributed by atoms with Crippen LogP contribution < -0.4 is 0 Å². The molecule has 16 heavy (non-hydrogen) atoms. The summed E-state index contributed by atoms with van der Waals surface area (Å²) in [5.74, 6) is 0. The predicted octanol–water partition coefficient (Wildman–Crippen LogP) is -2.97. The Morgan fingerprint density at radius 3 is 2.00 bits per heavy atom. The maximum absolute atomic E-state index is 9.90. The number of aldehydes is 1. The van der Waals surface area contributed by atoms with E-state index in [9.17, 15) is 4.79 Å². The molecule has 5 N–H and O–H groups in total. The first-order chi connectivity index (χ1) is 7.43. The Bertz CT molecular complexity index is 194. The van der Waals surface area contributed by atoms with Crippen molar-refractivity contribution in [2.75, 3.05) is 13.2 Å². The lowest BCUT2D eigenvalue weighted by Gasteiger charge is -2.22. The number of hydrogen-bond acceptors (Lipinski definition) is 7. The van der Waals surface area contributed by atoms with E-state index in [0.717, 1.165) is 6.61 Å². The van der Waals surface area contributed by atoms with Gasteiger partial charge in [-0.25, -0.2) is 0 Å². The molecule has 0 radical (unpaired) electrons. The largest absolute Gasteiger partial charge is 0.394 e. The maximum atomic E-state index is 9.90. The Morgan fingerprint density at radius 2 is 1.75 bits per heavy atom. The van der Waals surface area contributed by atoms with Gasteiger partial charge >= 0.3 is 0 Å². The fraction of sp³-hybridized carbons (Fsp3) is 0.889. The average Bonchev–Trinajstić information content (AvgIpc) is 3.08. The first kappa shape index (κ1) is 15.4. The lowest BCUT2D eigenvalue weighted by Crippen LogP contribution is -2.46. The lowest BCUT2D eigenvalue weighted by molar-refractivity contribution is -0.136. The zero-order chi connectivity index (χ0) is 12.7. The first-order valence-electron chi connectivity index (χ1n) is 4.84. The van der Waals surface area contributed by atoms with E-state index < -0.39 is 31.0 Å². The molecule has 5 atom stereocenters. The Balaban J connectivity index is 0.000000462. The van der Waals surface area contributed by atoms with Gasteiger partial charge in [0.25, 0.3) is 0 Å². The molecule has 0 amide bonds. The number of carbonyl (C=O) groups excluding carboxylic acids is 1. The molecular weight excluding hydrogens is 220 g/mol. The van der Waals surface area contributed by atoms with Crippen LogP contribution in [0.15, 0.2) is 0 Å². The highest BCUT2D eigenvalue weighted by Crippen LogP contribution is 2.04. The van der Waals surface area contributed by atoms with Crippen LogP contribution in [0.2, 0.25) is 0 Å². The van der Waals surface area contributed by atoms with Crippen molar-refractivity contribution < 1.29 is 35.1 Å². The molecule has 0 saturated carbocycles. The van der Waals surface area contributed by atoms with Gasteiger partial charge in [-0.2, -0.15) is 0 Å². The third kappa shape index (κ3) is 6.11. The van der Waals surface area contributed by atoms with Crippen LogP contribution in [0.1, 0.15) is 6.92 Å². The predicted molar refractivity (Wildman–Crippen MR) is 52.6 cm³/mol. The van der Waals surface area contributed by atoms with Gasteiger partial charge in [0.1, 0.15) is 24.4 Å². The molecule has 1 fully saturated rings. The molecule has 1 saturated heterocycles. The number of rotatable bonds is 5. The zero-order valence-corrected chi connectivity index (χ0v) is 8.93. The van der Waals surface area contributed by atoms with Crippen molar-refractivity contribution in [1.82, 2.24) is 0 Å². The van der Waals surface area contributed by atoms with Crippen molar-refractivity contribution in [2.24, 2.45) is 0 Å². The second-order valence-electron chi connectivity index (χ2n) is 3.50. The van der Waals surface area contributed by atoms with E-state index in [1.165, 1.54) is 0 Å². The Labute approximate surface area is 92.9 Å². The summed E-state index contributed by atoms with van der Waals surface area (Å²) < 4.78 is 4.71. The lowest BCUT2D eigenvalue weighted by atomic mass is 10.0. The Hall–Kier alpha value is -0.570. The van der Waals surface area contributed by atoms with Gasteiger partial charge in [-0.1, -0.05) is 0 Å². The fourth-order valence-electron chi connectivity index (χ4n) is 0.714. The molecule has 96 valence electrons. The number of aliphatic hydroxyl groups is 5. The van der Waals surface area contributed by atoms with E-state index in [1.54, 1.807) is 0 Å². The Morgan fingerprint density at radius 1 is 1.31 bits per heavy atom. The summed E-state index contributed by atoms with van der Waals surface area (Å²) >= 11 is 0. The molecule has 0 bridgehead atoms. The molecule has 7 nitrogen and oxygen atoms in total. The minimum Gasteiger partial charge on any atom is -0.394 e. The molecule has 0 aromatic heterocycles. The van der Waals surface area contributed by atoms with Crippen molar-refractivity contribution >= 4 is 6.29 Å². The second kappa shape index (κ2) is 7.66. The number of aliphatic hydroxyl groups excluding tert-OH is 5. The van der Waals surface area contributed by atoms with Gasteiger partial charge in [-0.15, -0.1) is 0 Å². The standard InChI is InChI=1S/C6H12O6.C3H6O/c7-1-3(9)5(11)6(12)4(10)2-8;1-3-2-4-3/h1,3-6,8-12H,2H2;3H,2H2,1H3/t3-,4+,5+,6+;/m0./s1. The van der Waals surface area contributed by atoms with Crippen LogP contribution in [-0.4, -0.2) is 75.6 Å². The number of ether oxygens (including phenoxy) is 1. The highest BCUT2D eigenvalue weighted by Gasteiger charge is 2.29. The molecule has 0 aliphatic carbocycles. The van der Waals surface area contributed by atoms with Gasteiger partial charge in [-0.3, -0.25) is 0 Å². The zero-order valence-electron chi connectivity index (χ0n) is 8.93. The summed E-state index contributed by atoms with van der Waals surface area (Å²) in [4.78, 5) is 9.90. The number of hydrogen-bond donors (Lipinski definition) is 5. The quantitative estimate of drug-likeness (QED) is 0.255. The molecule has 0 aromatic carbocycles. The molecule has 1 unspecified atom stereocenters. The van der Waals surface area contributed by atoms with Crippen LogP contribution in [-0.2, 0) is 9.53 Å². The smallest absolute Gasteiger partial charge is 0.151 e. The van der Waals surface area contributed by atoms with E-state index >= 15 is 0 Å². The van der Waals surface area contributed by atoms with Crippen LogP contribution in [0.3, 0.4) is 0 Å². The summed E-state index contributed by atoms with van der Waals surface area (Å²) in [6.45, 7) is 2.28. The van der Waals surface area contributed by atoms with Crippen molar-refractivity contribution in [1.29, 1.82) is 0 Å². The van der Waals surface area contributed by atoms with Gasteiger partial charge in [0.2, 0.25) is 0 Å². The van der Waals surface area contributed by atoms with Crippen LogP contribution >= 0.6 is 0 Å². The summed E-state index contributed by atoms with van der Waals surface area (Å²) in [5, 5.41) is 43.5. The molecule has 0 aromatic rings. The molecule has 1 aliphatic heterocycles. The Kier molecular flexibility index (Phi) is 7.39. The minimum atomic E-state index is -1.79. The topological polar surface area (TPSA) is 131 Å². The van der Waals surface area contributed by atoms with Crippen LogP contribution in [0.25, 0.3) is 0 Å². The SMILES string of the molecule is CC1CO1.O=C[C@H](O)[C@@H](O)[C@H](O)[C@H](O)CO. The van der Waals surface area contributed by atoms with Crippen molar-refractivity contribution in [3.8, 4) is 0 Å². The fourth-order valence-corrected chi connectivity index (χ4v) is 0.714. The highest BCUT2D eigenvalue weighted by molar-refractivity contribution is 5.56. The molecule has 7 heteroatoms. The van der Waals surface area contributed by atoms with E-state index in [0.29, 0.717) is 6.10 Å². The normalized spacial score (nSPS) is 25.8. The van der Waals surface area contributed by atoms with Gasteiger partial charge in [0.15, 0.2) is 6.29 Å². The third-order valence-corrected chi connectivity index (χ3v) is 1.92. The van der Waals surface area contributed by atoms with Gasteiger partial charge in [-0.05, 0) is 6.92 Å². The number of carbonyl (C=O) groups is 1. The van der Waals surface area contributed by atoms with E-state index in [4.69, 9.17) is 30.3 Å². The summed E-state index contributed by atoms with van der Waals surface area (Å²) in [6.07, 6.45) is -6.26.